The molecule has 2 amide bonds. The summed E-state index contributed by atoms with van der Waals surface area (Å²) >= 11 is 0. The maximum atomic E-state index is 12.5. The Labute approximate surface area is 120 Å². The molecule has 1 saturated heterocycles. The number of nitrogens with zero attached hydrogens (tertiary/aromatic N) is 2. The molecule has 0 aromatic rings. The second kappa shape index (κ2) is 6.12. The van der Waals surface area contributed by atoms with Gasteiger partial charge in [-0.25, -0.2) is 0 Å². The largest absolute Gasteiger partial charge is 0.387 e. The topological polar surface area (TPSA) is 60.9 Å². The van der Waals surface area contributed by atoms with Crippen LogP contribution >= 0.6 is 0 Å². The van der Waals surface area contributed by atoms with Crippen LogP contribution in [0.25, 0.3) is 0 Å². The van der Waals surface area contributed by atoms with Gasteiger partial charge in [-0.15, -0.1) is 0 Å². The average Bonchev–Trinajstić information content (AvgIpc) is 2.46. The average molecular weight is 282 g/mol. The number of hydrogen-bond donors (Lipinski definition) is 1. The first kappa shape index (κ1) is 15.3. The zero-order chi connectivity index (χ0) is 14.8. The van der Waals surface area contributed by atoms with E-state index in [1.165, 1.54) is 0 Å². The van der Waals surface area contributed by atoms with Gasteiger partial charge in [-0.2, -0.15) is 0 Å². The zero-order valence-electron chi connectivity index (χ0n) is 12.6. The van der Waals surface area contributed by atoms with Crippen molar-refractivity contribution in [1.29, 1.82) is 0 Å². The predicted molar refractivity (Wildman–Crippen MR) is 76.0 cm³/mol. The van der Waals surface area contributed by atoms with E-state index in [0.717, 1.165) is 25.7 Å². The molecule has 0 aromatic heterocycles. The van der Waals surface area contributed by atoms with Crippen LogP contribution in [0.5, 0.6) is 0 Å². The summed E-state index contributed by atoms with van der Waals surface area (Å²) in [6.07, 6.45) is 4.21. The lowest BCUT2D eigenvalue weighted by Crippen LogP contribution is -2.52. The van der Waals surface area contributed by atoms with Crippen molar-refractivity contribution < 1.29 is 14.7 Å². The van der Waals surface area contributed by atoms with E-state index in [1.807, 2.05) is 4.90 Å². The van der Waals surface area contributed by atoms with Gasteiger partial charge >= 0.3 is 0 Å². The van der Waals surface area contributed by atoms with Crippen molar-refractivity contribution in [1.82, 2.24) is 9.80 Å². The maximum absolute atomic E-state index is 12.5. The molecule has 5 nitrogen and oxygen atoms in total. The molecular weight excluding hydrogens is 256 g/mol. The molecule has 5 heteroatoms. The molecule has 1 aliphatic carbocycles. The Morgan fingerprint density at radius 2 is 1.55 bits per heavy atom. The number of piperazine rings is 1. The summed E-state index contributed by atoms with van der Waals surface area (Å²) < 4.78 is 0. The summed E-state index contributed by atoms with van der Waals surface area (Å²) in [4.78, 5) is 27.4. The van der Waals surface area contributed by atoms with Crippen LogP contribution in [0, 0.1) is 11.3 Å². The normalized spacial score (nSPS) is 23.8. The highest BCUT2D eigenvalue weighted by Gasteiger charge is 2.34. The summed E-state index contributed by atoms with van der Waals surface area (Å²) in [7, 11) is 0. The highest BCUT2D eigenvalue weighted by molar-refractivity contribution is 5.80. The number of amides is 2. The highest BCUT2D eigenvalue weighted by atomic mass is 16.3. The molecule has 0 unspecified atom stereocenters. The van der Waals surface area contributed by atoms with Gasteiger partial charge in [0, 0.05) is 32.1 Å². The first-order valence-electron chi connectivity index (χ1n) is 7.60. The molecular formula is C15H26N2O3. The molecule has 0 atom stereocenters. The Morgan fingerprint density at radius 3 is 2.05 bits per heavy atom. The van der Waals surface area contributed by atoms with Gasteiger partial charge in [0.05, 0.1) is 0 Å². The van der Waals surface area contributed by atoms with E-state index >= 15 is 0 Å². The Hall–Kier alpha value is -1.10. The van der Waals surface area contributed by atoms with Crippen molar-refractivity contribution in [2.24, 2.45) is 11.3 Å². The molecule has 1 heterocycles. The second-order valence-corrected chi connectivity index (χ2v) is 6.80. The van der Waals surface area contributed by atoms with Crippen molar-refractivity contribution in [3.05, 3.63) is 0 Å². The van der Waals surface area contributed by atoms with Crippen LogP contribution in [-0.2, 0) is 9.59 Å². The number of hydrogen-bond acceptors (Lipinski definition) is 3. The van der Waals surface area contributed by atoms with Crippen LogP contribution in [0.1, 0.15) is 39.5 Å². The molecule has 1 saturated carbocycles. The third-order valence-corrected chi connectivity index (χ3v) is 4.77. The Balaban J connectivity index is 1.82. The first-order valence-corrected chi connectivity index (χ1v) is 7.60. The van der Waals surface area contributed by atoms with E-state index in [2.05, 4.69) is 13.8 Å². The molecule has 0 spiro atoms. The third kappa shape index (κ3) is 3.51. The lowest BCUT2D eigenvalue weighted by Gasteiger charge is -2.39. The van der Waals surface area contributed by atoms with Gasteiger partial charge in [-0.05, 0) is 31.1 Å². The van der Waals surface area contributed by atoms with Gasteiger partial charge in [-0.3, -0.25) is 9.59 Å². The van der Waals surface area contributed by atoms with Crippen LogP contribution in [0.15, 0.2) is 0 Å². The molecule has 2 rings (SSSR count). The lowest BCUT2D eigenvalue weighted by atomic mass is 9.73. The van der Waals surface area contributed by atoms with Gasteiger partial charge in [0.1, 0.15) is 6.61 Å². The number of rotatable bonds is 2. The van der Waals surface area contributed by atoms with Gasteiger partial charge in [0.2, 0.25) is 11.8 Å². The van der Waals surface area contributed by atoms with Crippen molar-refractivity contribution in [2.45, 2.75) is 39.5 Å². The maximum Gasteiger partial charge on any atom is 0.248 e. The minimum atomic E-state index is -0.439. The molecule has 1 aliphatic heterocycles. The minimum Gasteiger partial charge on any atom is -0.387 e. The van der Waals surface area contributed by atoms with Crippen molar-refractivity contribution >= 4 is 11.8 Å². The standard InChI is InChI=1S/C15H26N2O3/c1-15(2)5-3-12(4-6-15)14(20)17-9-7-16(8-10-17)13(19)11-18/h12,18H,3-11H2,1-2H3. The predicted octanol–water partition coefficient (Wildman–Crippen LogP) is 0.866. The zero-order valence-corrected chi connectivity index (χ0v) is 12.6. The summed E-state index contributed by atoms with van der Waals surface area (Å²) in [5.41, 5.74) is 0.378. The van der Waals surface area contributed by atoms with Gasteiger partial charge < -0.3 is 14.9 Å². The molecule has 2 fully saturated rings. The van der Waals surface area contributed by atoms with Crippen LogP contribution < -0.4 is 0 Å². The molecule has 1 N–H and O–H groups in total. The van der Waals surface area contributed by atoms with E-state index in [0.29, 0.717) is 31.6 Å². The summed E-state index contributed by atoms with van der Waals surface area (Å²) in [5, 5.41) is 8.84. The van der Waals surface area contributed by atoms with Crippen LogP contribution in [0.2, 0.25) is 0 Å². The summed E-state index contributed by atoms with van der Waals surface area (Å²) in [5.74, 6) is 0.191. The summed E-state index contributed by atoms with van der Waals surface area (Å²) in [6, 6.07) is 0. The Kier molecular flexibility index (Phi) is 4.68. The molecule has 114 valence electrons. The Morgan fingerprint density at radius 1 is 1.05 bits per heavy atom. The number of aliphatic hydroxyl groups excluding tert-OH is 1. The summed E-state index contributed by atoms with van der Waals surface area (Å²) in [6.45, 7) is 6.40. The van der Waals surface area contributed by atoms with Gasteiger partial charge in [0.15, 0.2) is 0 Å². The fourth-order valence-electron chi connectivity index (χ4n) is 3.18. The highest BCUT2D eigenvalue weighted by Crippen LogP contribution is 2.38. The quantitative estimate of drug-likeness (QED) is 0.817. The van der Waals surface area contributed by atoms with Crippen LogP contribution in [0.4, 0.5) is 0 Å². The lowest BCUT2D eigenvalue weighted by molar-refractivity contribution is -0.144. The second-order valence-electron chi connectivity index (χ2n) is 6.80. The first-order chi connectivity index (χ1) is 9.43. The SMILES string of the molecule is CC1(C)CCC(C(=O)N2CCN(C(=O)CO)CC2)CC1. The molecule has 0 bridgehead atoms. The van der Waals surface area contributed by atoms with E-state index < -0.39 is 6.61 Å². The third-order valence-electron chi connectivity index (χ3n) is 4.77. The van der Waals surface area contributed by atoms with Crippen molar-refractivity contribution in [2.75, 3.05) is 32.8 Å². The molecule has 20 heavy (non-hydrogen) atoms. The Bertz CT molecular complexity index is 363. The van der Waals surface area contributed by atoms with Crippen LogP contribution in [-0.4, -0.2) is 59.5 Å². The fraction of sp³-hybridized carbons (Fsp3) is 0.867. The number of carbonyl (C=O) groups excluding carboxylic acids is 2. The van der Waals surface area contributed by atoms with Gasteiger partial charge in [0.25, 0.3) is 0 Å². The van der Waals surface area contributed by atoms with E-state index in [4.69, 9.17) is 5.11 Å². The van der Waals surface area contributed by atoms with Crippen molar-refractivity contribution in [3.8, 4) is 0 Å². The van der Waals surface area contributed by atoms with Crippen molar-refractivity contribution in [3.63, 3.8) is 0 Å². The molecule has 0 aromatic carbocycles. The number of carbonyl (C=O) groups is 2. The minimum absolute atomic E-state index is 0.170. The molecule has 0 radical (unpaired) electrons. The van der Waals surface area contributed by atoms with E-state index in [-0.39, 0.29) is 17.7 Å². The van der Waals surface area contributed by atoms with Crippen LogP contribution in [0.3, 0.4) is 0 Å². The molecule has 2 aliphatic rings. The van der Waals surface area contributed by atoms with E-state index in [9.17, 15) is 9.59 Å². The monoisotopic (exact) mass is 282 g/mol. The van der Waals surface area contributed by atoms with E-state index in [1.54, 1.807) is 4.90 Å². The fourth-order valence-corrected chi connectivity index (χ4v) is 3.18. The van der Waals surface area contributed by atoms with Gasteiger partial charge in [-0.1, -0.05) is 13.8 Å². The number of aliphatic hydroxyl groups is 1. The smallest absolute Gasteiger partial charge is 0.248 e.